The molecule has 1 aromatic heterocycles. The molecule has 0 saturated heterocycles. The van der Waals surface area contributed by atoms with E-state index in [2.05, 4.69) is 27.8 Å². The van der Waals surface area contributed by atoms with Crippen LogP contribution in [0.15, 0.2) is 23.4 Å². The Morgan fingerprint density at radius 3 is 2.71 bits per heavy atom. The van der Waals surface area contributed by atoms with Crippen molar-refractivity contribution in [2.75, 3.05) is 12.3 Å². The fourth-order valence-corrected chi connectivity index (χ4v) is 4.66. The number of nitrogens with one attached hydrogen (secondary N) is 2. The van der Waals surface area contributed by atoms with Crippen LogP contribution in [0.2, 0.25) is 10.0 Å². The zero-order chi connectivity index (χ0) is 22.4. The standard InChI is InChI=1S/C21H27Cl2N5O2S/c1-13-5-3-4-6-17(13)25-19(29)12-31-21-27-26-18(28(21)2)9-10-24-20(30)14-7-8-15(22)16(23)11-14/h7-8,11,13,17H,3-6,9-10,12H2,1-2H3,(H,24,30)(H,25,29)/t13-,17+/m0/s1. The molecule has 1 aromatic carbocycles. The van der Waals surface area contributed by atoms with Gasteiger partial charge >= 0.3 is 0 Å². The minimum Gasteiger partial charge on any atom is -0.352 e. The topological polar surface area (TPSA) is 88.9 Å². The average molecular weight is 484 g/mol. The van der Waals surface area contributed by atoms with Gasteiger partial charge in [0.25, 0.3) is 5.91 Å². The highest BCUT2D eigenvalue weighted by Crippen LogP contribution is 2.24. The summed E-state index contributed by atoms with van der Waals surface area (Å²) in [6.07, 6.45) is 5.17. The minimum atomic E-state index is -0.232. The second-order valence-corrected chi connectivity index (χ2v) is 9.57. The van der Waals surface area contributed by atoms with Crippen LogP contribution in [0, 0.1) is 5.92 Å². The van der Waals surface area contributed by atoms with E-state index in [1.165, 1.54) is 37.1 Å². The number of nitrogens with zero attached hydrogens (tertiary/aromatic N) is 3. The maximum Gasteiger partial charge on any atom is 0.251 e. The van der Waals surface area contributed by atoms with E-state index in [0.717, 1.165) is 12.2 Å². The number of halogens is 2. The summed E-state index contributed by atoms with van der Waals surface area (Å²) in [5, 5.41) is 15.8. The number of rotatable bonds is 8. The van der Waals surface area contributed by atoms with Crippen molar-refractivity contribution in [1.29, 1.82) is 0 Å². The first-order valence-corrected chi connectivity index (χ1v) is 12.1. The van der Waals surface area contributed by atoms with Gasteiger partial charge in [-0.15, -0.1) is 10.2 Å². The molecular weight excluding hydrogens is 457 g/mol. The van der Waals surface area contributed by atoms with Crippen molar-refractivity contribution >= 4 is 46.8 Å². The Kier molecular flexibility index (Phi) is 8.63. The van der Waals surface area contributed by atoms with Gasteiger partial charge in [-0.25, -0.2) is 0 Å². The number of aromatic nitrogens is 3. The van der Waals surface area contributed by atoms with Crippen LogP contribution in [0.25, 0.3) is 0 Å². The number of benzene rings is 1. The van der Waals surface area contributed by atoms with E-state index in [4.69, 9.17) is 23.2 Å². The average Bonchev–Trinajstić information content (AvgIpc) is 3.09. The Bertz CT molecular complexity index is 936. The number of carbonyl (C=O) groups is 2. The lowest BCUT2D eigenvalue weighted by atomic mass is 9.86. The van der Waals surface area contributed by atoms with Crippen molar-refractivity contribution in [3.8, 4) is 0 Å². The molecule has 3 rings (SSSR count). The van der Waals surface area contributed by atoms with Crippen LogP contribution in [0.4, 0.5) is 0 Å². The largest absolute Gasteiger partial charge is 0.352 e. The molecule has 168 valence electrons. The predicted octanol–water partition coefficient (Wildman–Crippen LogP) is 3.88. The Morgan fingerprint density at radius 1 is 1.19 bits per heavy atom. The molecule has 0 aliphatic heterocycles. The third-order valence-corrected chi connectivity index (χ3v) is 7.29. The maximum atomic E-state index is 12.3. The molecule has 1 saturated carbocycles. The first-order chi connectivity index (χ1) is 14.8. The molecule has 1 heterocycles. The Balaban J connectivity index is 1.44. The monoisotopic (exact) mass is 483 g/mol. The van der Waals surface area contributed by atoms with Crippen molar-refractivity contribution in [3.63, 3.8) is 0 Å². The number of carbonyl (C=O) groups excluding carboxylic acids is 2. The fourth-order valence-electron chi connectivity index (χ4n) is 3.62. The Labute approximate surface area is 196 Å². The highest BCUT2D eigenvalue weighted by molar-refractivity contribution is 7.99. The SMILES string of the molecule is C[C@H]1CCCC[C@H]1NC(=O)CSc1nnc(CCNC(=O)c2ccc(Cl)c(Cl)c2)n1C. The maximum absolute atomic E-state index is 12.3. The summed E-state index contributed by atoms with van der Waals surface area (Å²) in [6.45, 7) is 2.60. The van der Waals surface area contributed by atoms with Gasteiger partial charge in [-0.3, -0.25) is 9.59 Å². The van der Waals surface area contributed by atoms with Crippen LogP contribution in [-0.4, -0.2) is 44.9 Å². The van der Waals surface area contributed by atoms with Crippen LogP contribution in [0.5, 0.6) is 0 Å². The van der Waals surface area contributed by atoms with Crippen LogP contribution < -0.4 is 10.6 Å². The molecule has 2 atom stereocenters. The number of hydrogen-bond donors (Lipinski definition) is 2. The number of thioether (sulfide) groups is 1. The second-order valence-electron chi connectivity index (χ2n) is 7.82. The van der Waals surface area contributed by atoms with Gasteiger partial charge in [-0.05, 0) is 37.0 Å². The van der Waals surface area contributed by atoms with Gasteiger partial charge in [-0.1, -0.05) is 54.7 Å². The minimum absolute atomic E-state index is 0.0298. The van der Waals surface area contributed by atoms with E-state index in [0.29, 0.717) is 45.4 Å². The van der Waals surface area contributed by atoms with Crippen LogP contribution in [-0.2, 0) is 18.3 Å². The second kappa shape index (κ2) is 11.2. The van der Waals surface area contributed by atoms with E-state index >= 15 is 0 Å². The summed E-state index contributed by atoms with van der Waals surface area (Å²) >= 11 is 13.2. The molecule has 2 aromatic rings. The quantitative estimate of drug-likeness (QED) is 0.556. The van der Waals surface area contributed by atoms with Gasteiger partial charge < -0.3 is 15.2 Å². The molecule has 2 N–H and O–H groups in total. The van der Waals surface area contributed by atoms with Crippen molar-refractivity contribution in [2.45, 2.75) is 50.2 Å². The Hall–Kier alpha value is -1.77. The first kappa shape index (κ1) is 23.9. The summed E-state index contributed by atoms with van der Waals surface area (Å²) in [4.78, 5) is 24.6. The highest BCUT2D eigenvalue weighted by atomic mass is 35.5. The zero-order valence-electron chi connectivity index (χ0n) is 17.7. The van der Waals surface area contributed by atoms with Crippen molar-refractivity contribution in [3.05, 3.63) is 39.6 Å². The van der Waals surface area contributed by atoms with Gasteiger partial charge in [0.05, 0.1) is 15.8 Å². The summed E-state index contributed by atoms with van der Waals surface area (Å²) < 4.78 is 1.85. The molecule has 0 spiro atoms. The lowest BCUT2D eigenvalue weighted by molar-refractivity contribution is -0.119. The van der Waals surface area contributed by atoms with Crippen molar-refractivity contribution in [2.24, 2.45) is 13.0 Å². The molecular formula is C21H27Cl2N5O2S. The van der Waals surface area contributed by atoms with E-state index in [1.54, 1.807) is 12.1 Å². The molecule has 1 fully saturated rings. The highest BCUT2D eigenvalue weighted by Gasteiger charge is 2.23. The molecule has 0 unspecified atom stereocenters. The van der Waals surface area contributed by atoms with Crippen molar-refractivity contribution in [1.82, 2.24) is 25.4 Å². The summed E-state index contributed by atoms with van der Waals surface area (Å²) in [5.41, 5.74) is 0.446. The van der Waals surface area contributed by atoms with Gasteiger partial charge in [0.1, 0.15) is 5.82 Å². The first-order valence-electron chi connectivity index (χ1n) is 10.4. The third kappa shape index (κ3) is 6.60. The third-order valence-electron chi connectivity index (χ3n) is 5.53. The zero-order valence-corrected chi connectivity index (χ0v) is 20.0. The molecule has 2 amide bonds. The Morgan fingerprint density at radius 2 is 1.97 bits per heavy atom. The smallest absolute Gasteiger partial charge is 0.251 e. The van der Waals surface area contributed by atoms with Crippen LogP contribution in [0.1, 0.15) is 48.8 Å². The van der Waals surface area contributed by atoms with E-state index in [9.17, 15) is 9.59 Å². The lowest BCUT2D eigenvalue weighted by Crippen LogP contribution is -2.41. The molecule has 31 heavy (non-hydrogen) atoms. The van der Waals surface area contributed by atoms with Gasteiger partial charge in [0.15, 0.2) is 5.16 Å². The van der Waals surface area contributed by atoms with E-state index in [-0.39, 0.29) is 17.9 Å². The van der Waals surface area contributed by atoms with Gasteiger partial charge in [-0.2, -0.15) is 0 Å². The van der Waals surface area contributed by atoms with E-state index in [1.807, 2.05) is 11.6 Å². The fraction of sp³-hybridized carbons (Fsp3) is 0.524. The molecule has 7 nitrogen and oxygen atoms in total. The van der Waals surface area contributed by atoms with Crippen LogP contribution >= 0.6 is 35.0 Å². The lowest BCUT2D eigenvalue weighted by Gasteiger charge is -2.29. The van der Waals surface area contributed by atoms with Gasteiger partial charge in [0.2, 0.25) is 5.91 Å². The number of amides is 2. The molecule has 0 bridgehead atoms. The van der Waals surface area contributed by atoms with Gasteiger partial charge in [0, 0.05) is 31.6 Å². The van der Waals surface area contributed by atoms with Crippen LogP contribution in [0.3, 0.4) is 0 Å². The predicted molar refractivity (Wildman–Crippen MR) is 124 cm³/mol. The summed E-state index contributed by atoms with van der Waals surface area (Å²) in [5.74, 6) is 1.37. The molecule has 10 heteroatoms. The molecule has 1 aliphatic carbocycles. The molecule has 0 radical (unpaired) electrons. The normalized spacial score (nSPS) is 18.6. The van der Waals surface area contributed by atoms with Crippen molar-refractivity contribution < 1.29 is 9.59 Å². The molecule has 1 aliphatic rings. The number of hydrogen-bond acceptors (Lipinski definition) is 5. The van der Waals surface area contributed by atoms with E-state index < -0.39 is 0 Å². The summed E-state index contributed by atoms with van der Waals surface area (Å²) in [7, 11) is 1.86. The summed E-state index contributed by atoms with van der Waals surface area (Å²) in [6, 6.07) is 5.03.